The largest absolute Gasteiger partial charge is 0.478 e. The summed E-state index contributed by atoms with van der Waals surface area (Å²) in [7, 11) is 0. The molecule has 0 unspecified atom stereocenters. The predicted molar refractivity (Wildman–Crippen MR) is 111 cm³/mol. The molecule has 2 N–H and O–H groups in total. The first kappa shape index (κ1) is 22.6. The Morgan fingerprint density at radius 2 is 0.897 bits per heavy atom. The van der Waals surface area contributed by atoms with E-state index in [9.17, 15) is 9.59 Å². The van der Waals surface area contributed by atoms with Gasteiger partial charge in [0.1, 0.15) is 0 Å². The molecule has 0 fully saturated rings. The molecule has 0 bridgehead atoms. The third-order valence-corrected chi connectivity index (χ3v) is 4.69. The second-order valence-electron chi connectivity index (χ2n) is 6.57. The predicted octanol–water partition coefficient (Wildman–Crippen LogP) is 5.69. The van der Waals surface area contributed by atoms with Crippen LogP contribution in [0, 0.1) is 13.8 Å². The third-order valence-electron chi connectivity index (χ3n) is 4.69. The van der Waals surface area contributed by atoms with Gasteiger partial charge in [-0.1, -0.05) is 60.7 Å². The Morgan fingerprint density at radius 3 is 1.21 bits per heavy atom. The molecule has 4 aromatic rings. The van der Waals surface area contributed by atoms with Gasteiger partial charge in [-0.15, -0.1) is 0 Å². The molecule has 4 rings (SSSR count). The summed E-state index contributed by atoms with van der Waals surface area (Å²) in [5.41, 5.74) is 2.75. The van der Waals surface area contributed by atoms with E-state index in [1.54, 1.807) is 24.3 Å². The maximum absolute atomic E-state index is 11.0. The number of carboxylic acids is 2. The van der Waals surface area contributed by atoms with E-state index in [2.05, 4.69) is 0 Å². The zero-order valence-electron chi connectivity index (χ0n) is 16.3. The molecule has 0 aliphatic heterocycles. The zero-order chi connectivity index (χ0) is 20.3. The van der Waals surface area contributed by atoms with E-state index in [-0.39, 0.29) is 27.3 Å². The number of rotatable bonds is 2. The molecule has 0 heterocycles. The monoisotopic (exact) mass is 486 g/mol. The number of aromatic carboxylic acids is 2. The van der Waals surface area contributed by atoms with Crippen molar-refractivity contribution in [2.75, 3.05) is 0 Å². The number of hydrogen-bond acceptors (Lipinski definition) is 2. The first-order valence-corrected chi connectivity index (χ1v) is 8.83. The smallest absolute Gasteiger partial charge is 0.336 e. The zero-order valence-corrected chi connectivity index (χ0v) is 20.4. The molecule has 0 atom stereocenters. The Morgan fingerprint density at radius 1 is 0.586 bits per heavy atom. The average Bonchev–Trinajstić information content (AvgIpc) is 2.68. The molecular weight excluding hydrogens is 465 g/mol. The minimum Gasteiger partial charge on any atom is -0.478 e. The van der Waals surface area contributed by atoms with Gasteiger partial charge in [-0.2, -0.15) is 0 Å². The summed E-state index contributed by atoms with van der Waals surface area (Å²) in [6.07, 6.45) is 0. The number of fused-ring (bicyclic) bond motifs is 2. The van der Waals surface area contributed by atoms with Crippen molar-refractivity contribution in [3.8, 4) is 0 Å². The van der Waals surface area contributed by atoms with E-state index in [1.807, 2.05) is 62.4 Å². The van der Waals surface area contributed by atoms with E-state index in [1.165, 1.54) is 0 Å². The second kappa shape index (κ2) is 9.65. The van der Waals surface area contributed by atoms with E-state index in [4.69, 9.17) is 10.2 Å². The van der Waals surface area contributed by atoms with Crippen LogP contribution in [0.15, 0.2) is 72.8 Å². The molecule has 0 aliphatic carbocycles. The summed E-state index contributed by atoms with van der Waals surface area (Å²) >= 11 is 0. The Bertz CT molecular complexity index is 1090. The SMILES string of the molecule is Cc1cccc2cccc(C(=O)O)c12.Cc1cccc2cccc(C(=O)O)c12.[Cd]. The summed E-state index contributed by atoms with van der Waals surface area (Å²) in [6.45, 7) is 3.85. The number of benzene rings is 4. The van der Waals surface area contributed by atoms with Gasteiger partial charge >= 0.3 is 11.9 Å². The minimum atomic E-state index is -0.870. The Kier molecular flexibility index (Phi) is 7.50. The van der Waals surface area contributed by atoms with Crippen molar-refractivity contribution in [3.05, 3.63) is 95.1 Å². The van der Waals surface area contributed by atoms with Crippen LogP contribution in [0.5, 0.6) is 0 Å². The second-order valence-corrected chi connectivity index (χ2v) is 6.57. The van der Waals surface area contributed by atoms with Crippen LogP contribution in [0.4, 0.5) is 0 Å². The van der Waals surface area contributed by atoms with Gasteiger partial charge in [0.2, 0.25) is 0 Å². The first-order valence-electron chi connectivity index (χ1n) is 8.83. The third kappa shape index (κ3) is 4.82. The molecule has 4 aromatic carbocycles. The molecule has 4 nitrogen and oxygen atoms in total. The van der Waals surface area contributed by atoms with Gasteiger partial charge in [0, 0.05) is 27.3 Å². The number of carbonyl (C=O) groups is 2. The standard InChI is InChI=1S/2C12H10O2.Cd/c2*1-8-4-2-5-9-6-3-7-10(11(8)9)12(13)14;/h2*2-7H,1H3,(H,13,14);. The quantitative estimate of drug-likeness (QED) is 0.358. The normalized spacial score (nSPS) is 10.0. The fraction of sp³-hybridized carbons (Fsp3) is 0.0833. The minimum absolute atomic E-state index is 0. The molecule has 0 amide bonds. The average molecular weight is 485 g/mol. The van der Waals surface area contributed by atoms with E-state index >= 15 is 0 Å². The molecular formula is C24H20CdO4. The molecule has 0 saturated heterocycles. The van der Waals surface area contributed by atoms with Gasteiger partial charge in [-0.25, -0.2) is 9.59 Å². The summed E-state index contributed by atoms with van der Waals surface area (Å²) in [5, 5.41) is 21.6. The van der Waals surface area contributed by atoms with Gasteiger partial charge < -0.3 is 10.2 Å². The van der Waals surface area contributed by atoms with Gasteiger partial charge in [0.15, 0.2) is 0 Å². The van der Waals surface area contributed by atoms with Gasteiger partial charge in [-0.05, 0) is 58.7 Å². The summed E-state index contributed by atoms with van der Waals surface area (Å²) in [4.78, 5) is 21.9. The van der Waals surface area contributed by atoms with Crippen molar-refractivity contribution in [3.63, 3.8) is 0 Å². The van der Waals surface area contributed by atoms with E-state index in [0.717, 1.165) is 32.7 Å². The molecule has 29 heavy (non-hydrogen) atoms. The molecule has 0 saturated carbocycles. The maximum Gasteiger partial charge on any atom is 0.336 e. The van der Waals surface area contributed by atoms with Crippen LogP contribution in [-0.2, 0) is 27.3 Å². The van der Waals surface area contributed by atoms with Gasteiger partial charge in [-0.3, -0.25) is 0 Å². The molecule has 0 aromatic heterocycles. The Balaban J connectivity index is 0.000000200. The molecule has 0 radical (unpaired) electrons. The summed E-state index contributed by atoms with van der Waals surface area (Å²) in [5.74, 6) is -1.74. The molecule has 5 heteroatoms. The van der Waals surface area contributed by atoms with Crippen LogP contribution < -0.4 is 0 Å². The molecule has 142 valence electrons. The Labute approximate surface area is 189 Å². The fourth-order valence-electron chi connectivity index (χ4n) is 3.41. The van der Waals surface area contributed by atoms with Crippen LogP contribution in [0.2, 0.25) is 0 Å². The topological polar surface area (TPSA) is 74.6 Å². The number of hydrogen-bond donors (Lipinski definition) is 2. The van der Waals surface area contributed by atoms with E-state index in [0.29, 0.717) is 11.1 Å². The first-order chi connectivity index (χ1) is 13.4. The summed E-state index contributed by atoms with van der Waals surface area (Å²) in [6, 6.07) is 22.2. The van der Waals surface area contributed by atoms with Crippen LogP contribution in [0.3, 0.4) is 0 Å². The van der Waals surface area contributed by atoms with Crippen molar-refractivity contribution in [2.45, 2.75) is 13.8 Å². The van der Waals surface area contributed by atoms with Crippen LogP contribution >= 0.6 is 0 Å². The van der Waals surface area contributed by atoms with Crippen LogP contribution in [0.1, 0.15) is 31.8 Å². The van der Waals surface area contributed by atoms with Crippen molar-refractivity contribution in [2.24, 2.45) is 0 Å². The van der Waals surface area contributed by atoms with Gasteiger partial charge in [0.25, 0.3) is 0 Å². The number of aryl methyl sites for hydroxylation is 2. The van der Waals surface area contributed by atoms with Crippen LogP contribution in [0.25, 0.3) is 21.5 Å². The van der Waals surface area contributed by atoms with Crippen LogP contribution in [-0.4, -0.2) is 22.2 Å². The van der Waals surface area contributed by atoms with Crippen molar-refractivity contribution < 1.29 is 47.1 Å². The maximum atomic E-state index is 11.0. The fourth-order valence-corrected chi connectivity index (χ4v) is 3.41. The van der Waals surface area contributed by atoms with Crippen molar-refractivity contribution >= 4 is 33.5 Å². The number of carboxylic acid groups (broad SMARTS) is 2. The molecule has 0 aliphatic rings. The van der Waals surface area contributed by atoms with Crippen molar-refractivity contribution in [1.82, 2.24) is 0 Å². The van der Waals surface area contributed by atoms with E-state index < -0.39 is 11.9 Å². The van der Waals surface area contributed by atoms with Gasteiger partial charge in [0.05, 0.1) is 11.1 Å². The molecule has 0 spiro atoms. The Hall–Kier alpha value is -2.74. The summed E-state index contributed by atoms with van der Waals surface area (Å²) < 4.78 is 0. The van der Waals surface area contributed by atoms with Crippen molar-refractivity contribution in [1.29, 1.82) is 0 Å².